The van der Waals surface area contributed by atoms with Crippen LogP contribution in [0.4, 0.5) is 0 Å². The molecule has 152 valence electrons. The summed E-state index contributed by atoms with van der Waals surface area (Å²) in [5.74, 6) is 0. The number of aromatic nitrogens is 1. The number of nitrogens with one attached hydrogen (secondary N) is 2. The van der Waals surface area contributed by atoms with E-state index in [1.165, 1.54) is 24.3 Å². The highest BCUT2D eigenvalue weighted by Crippen LogP contribution is 2.16. The van der Waals surface area contributed by atoms with Gasteiger partial charge < -0.3 is 4.74 Å². The first-order valence-electron chi connectivity index (χ1n) is 8.97. The maximum atomic E-state index is 12.4. The van der Waals surface area contributed by atoms with Crippen molar-refractivity contribution < 1.29 is 21.6 Å². The molecule has 1 aromatic carbocycles. The summed E-state index contributed by atoms with van der Waals surface area (Å²) < 4.78 is 59.9. The molecular formula is C18H23N3O5S2. The van der Waals surface area contributed by atoms with Crippen molar-refractivity contribution in [3.05, 3.63) is 54.4 Å². The lowest BCUT2D eigenvalue weighted by Gasteiger charge is -2.12. The average Bonchev–Trinajstić information content (AvgIpc) is 3.21. The number of sulfonamides is 2. The fourth-order valence-electron chi connectivity index (χ4n) is 2.85. The Morgan fingerprint density at radius 1 is 0.929 bits per heavy atom. The summed E-state index contributed by atoms with van der Waals surface area (Å²) in [6.07, 6.45) is 5.46. The second-order valence-corrected chi connectivity index (χ2v) is 10.00. The Hall–Kier alpha value is -1.85. The van der Waals surface area contributed by atoms with Gasteiger partial charge in [0.05, 0.1) is 15.9 Å². The van der Waals surface area contributed by atoms with Gasteiger partial charge in [-0.05, 0) is 61.2 Å². The van der Waals surface area contributed by atoms with E-state index in [1.807, 2.05) is 12.1 Å². The van der Waals surface area contributed by atoms with Gasteiger partial charge >= 0.3 is 0 Å². The second-order valence-electron chi connectivity index (χ2n) is 6.46. The van der Waals surface area contributed by atoms with E-state index in [0.29, 0.717) is 13.0 Å². The molecular weight excluding hydrogens is 402 g/mol. The van der Waals surface area contributed by atoms with Gasteiger partial charge in [0.2, 0.25) is 20.0 Å². The van der Waals surface area contributed by atoms with Crippen molar-refractivity contribution in [1.82, 2.24) is 14.4 Å². The largest absolute Gasteiger partial charge is 0.377 e. The van der Waals surface area contributed by atoms with E-state index < -0.39 is 20.0 Å². The summed E-state index contributed by atoms with van der Waals surface area (Å²) in [6.45, 7) is 1.08. The van der Waals surface area contributed by atoms with Gasteiger partial charge in [-0.3, -0.25) is 4.98 Å². The second kappa shape index (κ2) is 9.10. The van der Waals surface area contributed by atoms with Crippen molar-refractivity contribution >= 4 is 20.0 Å². The number of rotatable bonds is 9. The van der Waals surface area contributed by atoms with E-state index in [4.69, 9.17) is 4.74 Å². The Morgan fingerprint density at radius 3 is 2.11 bits per heavy atom. The molecule has 1 fully saturated rings. The summed E-state index contributed by atoms with van der Waals surface area (Å²) in [4.78, 5) is 3.94. The summed E-state index contributed by atoms with van der Waals surface area (Å²) in [5.41, 5.74) is 0.969. The lowest BCUT2D eigenvalue weighted by Crippen LogP contribution is -2.32. The van der Waals surface area contributed by atoms with Gasteiger partial charge in [-0.25, -0.2) is 26.3 Å². The third kappa shape index (κ3) is 5.58. The number of hydrogen-bond donors (Lipinski definition) is 2. The summed E-state index contributed by atoms with van der Waals surface area (Å²) in [6, 6.07) is 8.78. The minimum Gasteiger partial charge on any atom is -0.377 e. The van der Waals surface area contributed by atoms with Gasteiger partial charge in [0.25, 0.3) is 0 Å². The highest BCUT2D eigenvalue weighted by atomic mass is 32.2. The van der Waals surface area contributed by atoms with Gasteiger partial charge in [-0.1, -0.05) is 0 Å². The number of ether oxygens (including phenoxy) is 1. The van der Waals surface area contributed by atoms with Crippen LogP contribution in [0, 0.1) is 0 Å². The Morgan fingerprint density at radius 2 is 1.54 bits per heavy atom. The van der Waals surface area contributed by atoms with Crippen molar-refractivity contribution in [2.75, 3.05) is 19.7 Å². The van der Waals surface area contributed by atoms with E-state index in [2.05, 4.69) is 14.4 Å². The molecule has 1 aromatic heterocycles. The summed E-state index contributed by atoms with van der Waals surface area (Å²) in [5, 5.41) is 0. The molecule has 8 nitrogen and oxygen atoms in total. The first-order valence-corrected chi connectivity index (χ1v) is 11.9. The zero-order chi connectivity index (χ0) is 20.0. The predicted octanol–water partition coefficient (Wildman–Crippen LogP) is 1.06. The van der Waals surface area contributed by atoms with Crippen LogP contribution in [0.1, 0.15) is 18.4 Å². The van der Waals surface area contributed by atoms with Gasteiger partial charge in [0, 0.05) is 32.1 Å². The number of pyridine rings is 1. The molecule has 2 heterocycles. The van der Waals surface area contributed by atoms with Crippen LogP contribution < -0.4 is 9.44 Å². The molecule has 2 aromatic rings. The van der Waals surface area contributed by atoms with Crippen molar-refractivity contribution in [3.8, 4) is 0 Å². The van der Waals surface area contributed by atoms with Crippen LogP contribution in [0.5, 0.6) is 0 Å². The number of hydrogen-bond acceptors (Lipinski definition) is 6. The molecule has 0 saturated carbocycles. The minimum absolute atomic E-state index is 0.0142. The molecule has 0 aliphatic carbocycles. The van der Waals surface area contributed by atoms with Gasteiger partial charge in [0.1, 0.15) is 0 Å². The van der Waals surface area contributed by atoms with Crippen molar-refractivity contribution in [3.63, 3.8) is 0 Å². The van der Waals surface area contributed by atoms with E-state index in [1.54, 1.807) is 12.4 Å². The zero-order valence-electron chi connectivity index (χ0n) is 15.2. The third-order valence-electron chi connectivity index (χ3n) is 4.42. The Labute approximate surface area is 165 Å². The topological polar surface area (TPSA) is 114 Å². The van der Waals surface area contributed by atoms with E-state index in [9.17, 15) is 16.8 Å². The van der Waals surface area contributed by atoms with Gasteiger partial charge in [0.15, 0.2) is 0 Å². The molecule has 1 unspecified atom stereocenters. The van der Waals surface area contributed by atoms with Gasteiger partial charge in [-0.15, -0.1) is 0 Å². The smallest absolute Gasteiger partial charge is 0.240 e. The summed E-state index contributed by atoms with van der Waals surface area (Å²) in [7, 11) is -7.43. The normalized spacial score (nSPS) is 17.6. The fourth-order valence-corrected chi connectivity index (χ4v) is 4.95. The Bertz CT molecular complexity index is 972. The van der Waals surface area contributed by atoms with Crippen LogP contribution in [0.2, 0.25) is 0 Å². The van der Waals surface area contributed by atoms with Crippen LogP contribution in [0.15, 0.2) is 58.6 Å². The van der Waals surface area contributed by atoms with E-state index in [0.717, 1.165) is 18.4 Å². The maximum Gasteiger partial charge on any atom is 0.240 e. The lowest BCUT2D eigenvalue weighted by atomic mass is 10.2. The standard InChI is InChI=1S/C18H23N3O5S2/c22-27(23,20-12-9-15-7-10-19-11-8-15)17-3-5-18(6-4-17)28(24,25)21-14-16-2-1-13-26-16/h3-8,10-11,16,20-21H,1-2,9,12-14H2. The predicted molar refractivity (Wildman–Crippen MR) is 104 cm³/mol. The van der Waals surface area contributed by atoms with Crippen LogP contribution in [0.25, 0.3) is 0 Å². The molecule has 10 heteroatoms. The van der Waals surface area contributed by atoms with Crippen LogP contribution >= 0.6 is 0 Å². The minimum atomic E-state index is -3.72. The average molecular weight is 426 g/mol. The Balaban J connectivity index is 1.58. The molecule has 0 amide bonds. The lowest BCUT2D eigenvalue weighted by molar-refractivity contribution is 0.114. The maximum absolute atomic E-state index is 12.4. The van der Waals surface area contributed by atoms with Crippen molar-refractivity contribution in [2.45, 2.75) is 35.2 Å². The zero-order valence-corrected chi connectivity index (χ0v) is 16.9. The van der Waals surface area contributed by atoms with Crippen molar-refractivity contribution in [2.24, 2.45) is 0 Å². The highest BCUT2D eigenvalue weighted by molar-refractivity contribution is 7.90. The van der Waals surface area contributed by atoms with Crippen LogP contribution in [-0.4, -0.2) is 47.6 Å². The van der Waals surface area contributed by atoms with Crippen LogP contribution in [0.3, 0.4) is 0 Å². The van der Waals surface area contributed by atoms with Gasteiger partial charge in [-0.2, -0.15) is 0 Å². The molecule has 0 spiro atoms. The number of nitrogens with zero attached hydrogens (tertiary/aromatic N) is 1. The first-order chi connectivity index (χ1) is 13.4. The molecule has 1 atom stereocenters. The number of benzene rings is 1. The molecule has 0 radical (unpaired) electrons. The van der Waals surface area contributed by atoms with E-state index in [-0.39, 0.29) is 29.0 Å². The molecule has 2 N–H and O–H groups in total. The molecule has 3 rings (SSSR count). The van der Waals surface area contributed by atoms with E-state index >= 15 is 0 Å². The molecule has 0 bridgehead atoms. The van der Waals surface area contributed by atoms with Crippen LogP contribution in [-0.2, 0) is 31.2 Å². The molecule has 28 heavy (non-hydrogen) atoms. The molecule has 1 aliphatic heterocycles. The summed E-state index contributed by atoms with van der Waals surface area (Å²) >= 11 is 0. The Kier molecular flexibility index (Phi) is 6.78. The molecule has 1 saturated heterocycles. The quantitative estimate of drug-likeness (QED) is 0.621. The monoisotopic (exact) mass is 425 g/mol. The van der Waals surface area contributed by atoms with Crippen molar-refractivity contribution in [1.29, 1.82) is 0 Å². The third-order valence-corrected chi connectivity index (χ3v) is 7.34. The SMILES string of the molecule is O=S(=O)(NCCc1ccncc1)c1ccc(S(=O)(=O)NCC2CCCO2)cc1. The molecule has 1 aliphatic rings. The first kappa shape index (κ1) is 20.9. The highest BCUT2D eigenvalue weighted by Gasteiger charge is 2.21. The fraction of sp³-hybridized carbons (Fsp3) is 0.389.